The summed E-state index contributed by atoms with van der Waals surface area (Å²) in [6, 6.07) is 13.3. The second kappa shape index (κ2) is 7.82. The molecule has 0 aromatic heterocycles. The van der Waals surface area contributed by atoms with E-state index in [2.05, 4.69) is 48.8 Å². The van der Waals surface area contributed by atoms with Gasteiger partial charge in [0.2, 0.25) is 0 Å². The summed E-state index contributed by atoms with van der Waals surface area (Å²) in [5, 5.41) is 9.36. The number of fused-ring (bicyclic) bond motifs is 3. The molecule has 2 aromatic carbocycles. The van der Waals surface area contributed by atoms with Gasteiger partial charge in [-0.2, -0.15) is 5.26 Å². The second-order valence-electron chi connectivity index (χ2n) is 11.0. The Hall–Kier alpha value is -2.90. The Bertz CT molecular complexity index is 1270. The minimum absolute atomic E-state index is 0.158. The lowest BCUT2D eigenvalue weighted by Crippen LogP contribution is -2.50. The largest absolute Gasteiger partial charge is 0.371 e. The smallest absolute Gasteiger partial charge is 0.193 e. The first-order valence-corrected chi connectivity index (χ1v) is 12.9. The molecule has 2 fully saturated rings. The van der Waals surface area contributed by atoms with E-state index in [4.69, 9.17) is 0 Å². The normalized spacial score (nSPS) is 21.6. The molecule has 0 N–H and O–H groups in total. The fraction of sp³-hybridized carbons (Fsp3) is 0.467. The molecule has 0 radical (unpaired) electrons. The van der Waals surface area contributed by atoms with E-state index in [-0.39, 0.29) is 11.2 Å². The summed E-state index contributed by atoms with van der Waals surface area (Å²) in [5.41, 5.74) is 9.32. The van der Waals surface area contributed by atoms with E-state index in [1.807, 2.05) is 18.2 Å². The van der Waals surface area contributed by atoms with Gasteiger partial charge in [-0.05, 0) is 97.3 Å². The first-order valence-electron chi connectivity index (χ1n) is 12.9. The van der Waals surface area contributed by atoms with Crippen molar-refractivity contribution in [2.45, 2.75) is 64.3 Å². The van der Waals surface area contributed by atoms with E-state index in [0.717, 1.165) is 54.2 Å². The predicted molar refractivity (Wildman–Crippen MR) is 136 cm³/mol. The first kappa shape index (κ1) is 21.6. The number of rotatable bonds is 3. The van der Waals surface area contributed by atoms with E-state index < -0.39 is 0 Å². The molecule has 4 aliphatic rings. The summed E-state index contributed by atoms with van der Waals surface area (Å²) in [6.07, 6.45) is 5.50. The molecular weight excluding hydrogens is 418 g/mol. The van der Waals surface area contributed by atoms with Crippen LogP contribution in [0.15, 0.2) is 35.9 Å². The van der Waals surface area contributed by atoms with Crippen molar-refractivity contribution in [1.82, 2.24) is 4.90 Å². The number of carbonyl (C=O) groups excluding carboxylic acids is 1. The molecule has 0 amide bonds. The number of aryl methyl sites for hydroxylation is 1. The third-order valence-electron chi connectivity index (χ3n) is 8.88. The summed E-state index contributed by atoms with van der Waals surface area (Å²) >= 11 is 0. The second-order valence-corrected chi connectivity index (χ2v) is 11.0. The van der Waals surface area contributed by atoms with Gasteiger partial charge in [-0.3, -0.25) is 4.79 Å². The molecular formula is C30H33N3O. The molecule has 4 nitrogen and oxygen atoms in total. The number of carbonyl (C=O) groups is 1. The molecule has 2 saturated heterocycles. The lowest BCUT2D eigenvalue weighted by Gasteiger charge is -2.44. The Morgan fingerprint density at radius 2 is 1.82 bits per heavy atom. The third-order valence-corrected chi connectivity index (χ3v) is 8.88. The van der Waals surface area contributed by atoms with Crippen molar-refractivity contribution in [3.8, 4) is 6.07 Å². The zero-order valence-corrected chi connectivity index (χ0v) is 20.6. The standard InChI is InChI=1S/C30H33N3O/c1-4-20-15-24-25(17-27(20)33-12-8-22(9-13-33)32-10-5-11-32)30(2,3)26-16-21-14-19(18-31)6-7-23(21)28(26)29(24)34/h6-7,14-15,17,22H,4-5,8-13,16H2,1-3H3. The zero-order chi connectivity index (χ0) is 23.6. The van der Waals surface area contributed by atoms with Gasteiger partial charge in [0, 0.05) is 41.4 Å². The number of benzene rings is 2. The highest BCUT2D eigenvalue weighted by molar-refractivity contribution is 6.33. The van der Waals surface area contributed by atoms with Crippen LogP contribution in [0.2, 0.25) is 0 Å². The Balaban J connectivity index is 1.38. The lowest BCUT2D eigenvalue weighted by molar-refractivity contribution is 0.100. The Labute approximate surface area is 202 Å². The van der Waals surface area contributed by atoms with Gasteiger partial charge < -0.3 is 9.80 Å². The van der Waals surface area contributed by atoms with Gasteiger partial charge in [-0.15, -0.1) is 0 Å². The van der Waals surface area contributed by atoms with Crippen LogP contribution in [0.3, 0.4) is 0 Å². The minimum Gasteiger partial charge on any atom is -0.371 e. The van der Waals surface area contributed by atoms with Crippen LogP contribution in [0.5, 0.6) is 0 Å². The number of likely N-dealkylation sites (tertiary alicyclic amines) is 1. The maximum absolute atomic E-state index is 13.9. The predicted octanol–water partition coefficient (Wildman–Crippen LogP) is 5.28. The fourth-order valence-corrected chi connectivity index (χ4v) is 6.68. The highest BCUT2D eigenvalue weighted by Gasteiger charge is 2.43. The summed E-state index contributed by atoms with van der Waals surface area (Å²) in [7, 11) is 0. The highest BCUT2D eigenvalue weighted by Crippen LogP contribution is 2.51. The topological polar surface area (TPSA) is 47.3 Å². The number of piperidine rings is 1. The highest BCUT2D eigenvalue weighted by atomic mass is 16.1. The Morgan fingerprint density at radius 3 is 2.47 bits per heavy atom. The van der Waals surface area contributed by atoms with Gasteiger partial charge in [-0.25, -0.2) is 0 Å². The van der Waals surface area contributed by atoms with Crippen molar-refractivity contribution in [2.75, 3.05) is 31.1 Å². The quantitative estimate of drug-likeness (QED) is 0.637. The van der Waals surface area contributed by atoms with Crippen LogP contribution in [-0.4, -0.2) is 42.9 Å². The Kier molecular flexibility index (Phi) is 4.97. The van der Waals surface area contributed by atoms with E-state index in [9.17, 15) is 10.1 Å². The number of anilines is 1. The molecule has 2 aromatic rings. The van der Waals surface area contributed by atoms with Crippen LogP contribution in [0.4, 0.5) is 5.69 Å². The number of nitriles is 1. The van der Waals surface area contributed by atoms with E-state index >= 15 is 0 Å². The first-order chi connectivity index (χ1) is 16.4. The number of Topliss-reactive ketones (excluding diaryl/α,β-unsaturated/α-hetero) is 1. The molecule has 0 saturated carbocycles. The number of nitrogens with zero attached hydrogens (tertiary/aromatic N) is 3. The average Bonchev–Trinajstić information content (AvgIpc) is 3.21. The summed E-state index contributed by atoms with van der Waals surface area (Å²) in [4.78, 5) is 19.1. The molecule has 34 heavy (non-hydrogen) atoms. The number of allylic oxidation sites excluding steroid dienone is 2. The Morgan fingerprint density at radius 1 is 1.06 bits per heavy atom. The van der Waals surface area contributed by atoms with Crippen LogP contribution >= 0.6 is 0 Å². The van der Waals surface area contributed by atoms with E-state index in [1.54, 1.807) is 0 Å². The van der Waals surface area contributed by atoms with E-state index in [0.29, 0.717) is 5.56 Å². The maximum atomic E-state index is 13.9. The summed E-state index contributed by atoms with van der Waals surface area (Å²) in [5.74, 6) is 0.158. The fourth-order valence-electron chi connectivity index (χ4n) is 6.68. The van der Waals surface area contributed by atoms with Crippen LogP contribution in [0.1, 0.15) is 78.2 Å². The van der Waals surface area contributed by atoms with Gasteiger partial charge in [0.15, 0.2) is 5.78 Å². The van der Waals surface area contributed by atoms with E-state index in [1.165, 1.54) is 54.7 Å². The summed E-state index contributed by atoms with van der Waals surface area (Å²) in [6.45, 7) is 11.5. The molecule has 6 rings (SSSR count). The molecule has 2 aliphatic heterocycles. The number of ketones is 1. The van der Waals surface area contributed by atoms with Gasteiger partial charge in [0.1, 0.15) is 0 Å². The third kappa shape index (κ3) is 3.10. The molecule has 2 aliphatic carbocycles. The van der Waals surface area contributed by atoms with Crippen LogP contribution in [0.25, 0.3) is 5.57 Å². The zero-order valence-electron chi connectivity index (χ0n) is 20.6. The molecule has 2 heterocycles. The summed E-state index contributed by atoms with van der Waals surface area (Å²) < 4.78 is 0. The van der Waals surface area contributed by atoms with Gasteiger partial charge in [0.05, 0.1) is 11.6 Å². The minimum atomic E-state index is -0.221. The number of hydrogen-bond donors (Lipinski definition) is 0. The monoisotopic (exact) mass is 451 g/mol. The van der Waals surface area contributed by atoms with Gasteiger partial charge in [0.25, 0.3) is 0 Å². The van der Waals surface area contributed by atoms with Crippen molar-refractivity contribution < 1.29 is 4.79 Å². The van der Waals surface area contributed by atoms with Crippen LogP contribution in [0, 0.1) is 11.3 Å². The van der Waals surface area contributed by atoms with Crippen molar-refractivity contribution >= 4 is 17.0 Å². The molecule has 0 atom stereocenters. The van der Waals surface area contributed by atoms with Gasteiger partial charge >= 0.3 is 0 Å². The molecule has 4 heteroatoms. The molecule has 0 unspecified atom stereocenters. The molecule has 174 valence electrons. The average molecular weight is 452 g/mol. The maximum Gasteiger partial charge on any atom is 0.193 e. The van der Waals surface area contributed by atoms with Gasteiger partial charge in [-0.1, -0.05) is 26.8 Å². The van der Waals surface area contributed by atoms with Crippen molar-refractivity contribution in [1.29, 1.82) is 5.26 Å². The van der Waals surface area contributed by atoms with Crippen molar-refractivity contribution in [3.63, 3.8) is 0 Å². The van der Waals surface area contributed by atoms with Crippen LogP contribution < -0.4 is 4.90 Å². The van der Waals surface area contributed by atoms with Crippen LogP contribution in [-0.2, 0) is 18.3 Å². The molecule has 0 bridgehead atoms. The van der Waals surface area contributed by atoms with Crippen molar-refractivity contribution in [3.05, 3.63) is 69.3 Å². The van der Waals surface area contributed by atoms with Crippen molar-refractivity contribution in [2.24, 2.45) is 0 Å². The molecule has 0 spiro atoms. The lowest BCUT2D eigenvalue weighted by atomic mass is 9.68. The number of hydrogen-bond acceptors (Lipinski definition) is 4. The SMILES string of the molecule is CCc1cc2c(cc1N1CCC(N3CCC3)CC1)C(C)(C)C1=C(C2=O)c2ccc(C#N)cc2C1.